The monoisotopic (exact) mass is 198 g/mol. The van der Waals surface area contributed by atoms with E-state index in [1.54, 1.807) is 0 Å². The summed E-state index contributed by atoms with van der Waals surface area (Å²) in [4.78, 5) is 8.77. The van der Waals surface area contributed by atoms with Gasteiger partial charge in [-0.25, -0.2) is 0 Å². The van der Waals surface area contributed by atoms with Crippen molar-refractivity contribution in [3.63, 3.8) is 0 Å². The maximum atomic E-state index is 5.88. The SMILES string of the molecule is CCN=C(N)N1CCN(C)C(C)(C)C1. The zero-order chi connectivity index (χ0) is 10.8. The van der Waals surface area contributed by atoms with E-state index in [1.165, 1.54) is 0 Å². The zero-order valence-electron chi connectivity index (χ0n) is 9.75. The number of nitrogens with zero attached hydrogens (tertiary/aromatic N) is 3. The molecule has 0 atom stereocenters. The van der Waals surface area contributed by atoms with Crippen LogP contribution in [0.1, 0.15) is 20.8 Å². The van der Waals surface area contributed by atoms with Crippen LogP contribution in [0, 0.1) is 0 Å². The van der Waals surface area contributed by atoms with E-state index in [-0.39, 0.29) is 5.54 Å². The lowest BCUT2D eigenvalue weighted by Crippen LogP contribution is -2.60. The topological polar surface area (TPSA) is 44.9 Å². The molecule has 0 aliphatic carbocycles. The predicted molar refractivity (Wildman–Crippen MR) is 60.4 cm³/mol. The second kappa shape index (κ2) is 4.17. The van der Waals surface area contributed by atoms with Crippen LogP contribution in [0.4, 0.5) is 0 Å². The summed E-state index contributed by atoms with van der Waals surface area (Å²) in [5.74, 6) is 0.689. The van der Waals surface area contributed by atoms with Gasteiger partial charge in [0.15, 0.2) is 5.96 Å². The Balaban J connectivity index is 2.64. The summed E-state index contributed by atoms with van der Waals surface area (Å²) in [6, 6.07) is 0. The number of hydrogen-bond donors (Lipinski definition) is 1. The summed E-state index contributed by atoms with van der Waals surface area (Å²) in [6.07, 6.45) is 0. The average Bonchev–Trinajstić information content (AvgIpc) is 2.10. The maximum absolute atomic E-state index is 5.88. The van der Waals surface area contributed by atoms with Crippen LogP contribution < -0.4 is 5.73 Å². The first-order valence-corrected chi connectivity index (χ1v) is 5.23. The van der Waals surface area contributed by atoms with Crippen molar-refractivity contribution in [1.82, 2.24) is 9.80 Å². The molecule has 1 saturated heterocycles. The van der Waals surface area contributed by atoms with E-state index >= 15 is 0 Å². The molecule has 1 heterocycles. The van der Waals surface area contributed by atoms with Crippen molar-refractivity contribution >= 4 is 5.96 Å². The summed E-state index contributed by atoms with van der Waals surface area (Å²) >= 11 is 0. The predicted octanol–water partition coefficient (Wildman–Crippen LogP) is 0.347. The van der Waals surface area contributed by atoms with Crippen LogP contribution in [0.2, 0.25) is 0 Å². The van der Waals surface area contributed by atoms with Crippen molar-refractivity contribution in [1.29, 1.82) is 0 Å². The third-order valence-corrected chi connectivity index (χ3v) is 2.96. The molecule has 14 heavy (non-hydrogen) atoms. The first-order chi connectivity index (χ1) is 6.47. The fourth-order valence-electron chi connectivity index (χ4n) is 1.70. The fraction of sp³-hybridized carbons (Fsp3) is 0.900. The molecule has 0 aromatic heterocycles. The molecule has 0 unspecified atom stereocenters. The van der Waals surface area contributed by atoms with Crippen LogP contribution in [-0.2, 0) is 0 Å². The highest BCUT2D eigenvalue weighted by atomic mass is 15.3. The summed E-state index contributed by atoms with van der Waals surface area (Å²) in [6.45, 7) is 10.2. The summed E-state index contributed by atoms with van der Waals surface area (Å²) in [5.41, 5.74) is 6.07. The standard InChI is InChI=1S/C10H22N4/c1-5-12-9(11)14-7-6-13(4)10(2,3)8-14/h5-8H2,1-4H3,(H2,11,12). The van der Waals surface area contributed by atoms with Crippen molar-refractivity contribution in [3.05, 3.63) is 0 Å². The number of aliphatic imine (C=N–C) groups is 1. The highest BCUT2D eigenvalue weighted by molar-refractivity contribution is 5.78. The van der Waals surface area contributed by atoms with Crippen LogP contribution in [0.3, 0.4) is 0 Å². The minimum atomic E-state index is 0.187. The second-order valence-electron chi connectivity index (χ2n) is 4.49. The Kier molecular flexibility index (Phi) is 3.37. The lowest BCUT2D eigenvalue weighted by Gasteiger charge is -2.45. The zero-order valence-corrected chi connectivity index (χ0v) is 9.75. The summed E-state index contributed by atoms with van der Waals surface area (Å²) < 4.78 is 0. The molecule has 0 bridgehead atoms. The number of nitrogens with two attached hydrogens (primary N) is 1. The first-order valence-electron chi connectivity index (χ1n) is 5.23. The molecule has 0 amide bonds. The van der Waals surface area contributed by atoms with Crippen LogP contribution in [0.15, 0.2) is 4.99 Å². The van der Waals surface area contributed by atoms with Gasteiger partial charge in [-0.15, -0.1) is 0 Å². The van der Waals surface area contributed by atoms with Gasteiger partial charge in [0.05, 0.1) is 0 Å². The molecule has 1 fully saturated rings. The Bertz CT molecular complexity index is 222. The van der Waals surface area contributed by atoms with Gasteiger partial charge in [0, 0.05) is 31.7 Å². The van der Waals surface area contributed by atoms with Crippen molar-refractivity contribution in [2.75, 3.05) is 33.2 Å². The van der Waals surface area contributed by atoms with Gasteiger partial charge < -0.3 is 10.6 Å². The maximum Gasteiger partial charge on any atom is 0.191 e. The normalized spacial score (nSPS) is 24.0. The van der Waals surface area contributed by atoms with Gasteiger partial charge in [-0.2, -0.15) is 0 Å². The molecule has 0 aromatic rings. The minimum Gasteiger partial charge on any atom is -0.370 e. The van der Waals surface area contributed by atoms with E-state index in [4.69, 9.17) is 5.73 Å². The van der Waals surface area contributed by atoms with Crippen LogP contribution in [-0.4, -0.2) is 54.5 Å². The first kappa shape index (κ1) is 11.3. The van der Waals surface area contributed by atoms with Crippen molar-refractivity contribution in [3.8, 4) is 0 Å². The van der Waals surface area contributed by atoms with E-state index in [1.807, 2.05) is 6.92 Å². The van der Waals surface area contributed by atoms with Crippen molar-refractivity contribution in [2.45, 2.75) is 26.3 Å². The largest absolute Gasteiger partial charge is 0.370 e. The molecule has 1 aliphatic rings. The Morgan fingerprint density at radius 1 is 1.43 bits per heavy atom. The van der Waals surface area contributed by atoms with E-state index in [9.17, 15) is 0 Å². The lowest BCUT2D eigenvalue weighted by atomic mass is 10.0. The lowest BCUT2D eigenvalue weighted by molar-refractivity contribution is 0.0737. The Labute approximate surface area is 86.8 Å². The fourth-order valence-corrected chi connectivity index (χ4v) is 1.70. The van der Waals surface area contributed by atoms with Gasteiger partial charge in [-0.05, 0) is 27.8 Å². The van der Waals surface area contributed by atoms with E-state index < -0.39 is 0 Å². The molecular formula is C10H22N4. The van der Waals surface area contributed by atoms with E-state index in [0.29, 0.717) is 5.96 Å². The molecule has 4 nitrogen and oxygen atoms in total. The third-order valence-electron chi connectivity index (χ3n) is 2.96. The molecule has 82 valence electrons. The number of guanidine groups is 1. The Hall–Kier alpha value is -0.770. The second-order valence-corrected chi connectivity index (χ2v) is 4.49. The molecule has 2 N–H and O–H groups in total. The third kappa shape index (κ3) is 2.38. The minimum absolute atomic E-state index is 0.187. The number of likely N-dealkylation sites (N-methyl/N-ethyl adjacent to an activating group) is 1. The molecule has 0 saturated carbocycles. The molecular weight excluding hydrogens is 176 g/mol. The van der Waals surface area contributed by atoms with Crippen molar-refractivity contribution < 1.29 is 0 Å². The van der Waals surface area contributed by atoms with E-state index in [0.717, 1.165) is 26.2 Å². The van der Waals surface area contributed by atoms with Gasteiger partial charge in [0.1, 0.15) is 0 Å². The van der Waals surface area contributed by atoms with Crippen LogP contribution in [0.25, 0.3) is 0 Å². The molecule has 4 heteroatoms. The molecule has 1 rings (SSSR count). The number of rotatable bonds is 1. The Morgan fingerprint density at radius 3 is 2.57 bits per heavy atom. The van der Waals surface area contributed by atoms with Gasteiger partial charge in [-0.1, -0.05) is 0 Å². The Morgan fingerprint density at radius 2 is 2.07 bits per heavy atom. The molecule has 1 aliphatic heterocycles. The van der Waals surface area contributed by atoms with Gasteiger partial charge >= 0.3 is 0 Å². The van der Waals surface area contributed by atoms with Crippen LogP contribution >= 0.6 is 0 Å². The number of piperazine rings is 1. The van der Waals surface area contributed by atoms with Gasteiger partial charge in [-0.3, -0.25) is 9.89 Å². The quantitative estimate of drug-likeness (QED) is 0.488. The smallest absolute Gasteiger partial charge is 0.191 e. The van der Waals surface area contributed by atoms with Gasteiger partial charge in [0.25, 0.3) is 0 Å². The highest BCUT2D eigenvalue weighted by Crippen LogP contribution is 2.18. The van der Waals surface area contributed by atoms with Gasteiger partial charge in [0.2, 0.25) is 0 Å². The molecule has 0 aromatic carbocycles. The molecule has 0 spiro atoms. The highest BCUT2D eigenvalue weighted by Gasteiger charge is 2.31. The van der Waals surface area contributed by atoms with E-state index in [2.05, 4.69) is 35.7 Å². The summed E-state index contributed by atoms with van der Waals surface area (Å²) in [7, 11) is 2.16. The average molecular weight is 198 g/mol. The van der Waals surface area contributed by atoms with Crippen molar-refractivity contribution in [2.24, 2.45) is 10.7 Å². The van der Waals surface area contributed by atoms with Crippen LogP contribution in [0.5, 0.6) is 0 Å². The molecule has 0 radical (unpaired) electrons. The number of hydrogen-bond acceptors (Lipinski definition) is 2. The summed E-state index contributed by atoms with van der Waals surface area (Å²) in [5, 5.41) is 0.